The number of hydrogen-bond donors (Lipinski definition) is 1. The molecule has 1 fully saturated rings. The molecule has 3 heterocycles. The summed E-state index contributed by atoms with van der Waals surface area (Å²) in [5.41, 5.74) is 8.42. The zero-order chi connectivity index (χ0) is 12.4. The second-order valence-electron chi connectivity index (χ2n) is 4.90. The second kappa shape index (κ2) is 5.04. The largest absolute Gasteiger partial charge is 0.381 e. The van der Waals surface area contributed by atoms with Crippen molar-refractivity contribution in [2.75, 3.05) is 13.2 Å². The predicted octanol–water partition coefficient (Wildman–Crippen LogP) is 1.55. The van der Waals surface area contributed by atoms with Gasteiger partial charge in [0.05, 0.1) is 17.9 Å². The first-order valence-electron chi connectivity index (χ1n) is 6.45. The van der Waals surface area contributed by atoms with Gasteiger partial charge >= 0.3 is 0 Å². The van der Waals surface area contributed by atoms with Crippen LogP contribution in [0.3, 0.4) is 0 Å². The summed E-state index contributed by atoms with van der Waals surface area (Å²) >= 11 is 0. The fourth-order valence-electron chi connectivity index (χ4n) is 2.61. The van der Waals surface area contributed by atoms with Crippen LogP contribution in [-0.4, -0.2) is 27.8 Å². The fourth-order valence-corrected chi connectivity index (χ4v) is 2.61. The highest BCUT2D eigenvalue weighted by atomic mass is 16.5. The summed E-state index contributed by atoms with van der Waals surface area (Å²) in [6, 6.07) is 0.0369. The van der Waals surface area contributed by atoms with E-state index >= 15 is 0 Å². The van der Waals surface area contributed by atoms with Crippen molar-refractivity contribution in [2.24, 2.45) is 11.7 Å². The third-order valence-corrected chi connectivity index (χ3v) is 3.68. The van der Waals surface area contributed by atoms with Gasteiger partial charge in [0.1, 0.15) is 0 Å². The fraction of sp³-hybridized carbons (Fsp3) is 0.538. The molecule has 0 bridgehead atoms. The van der Waals surface area contributed by atoms with E-state index in [0.29, 0.717) is 5.92 Å². The molecule has 1 atom stereocenters. The lowest BCUT2D eigenvalue weighted by Crippen LogP contribution is -2.21. The highest BCUT2D eigenvalue weighted by Crippen LogP contribution is 2.27. The van der Waals surface area contributed by atoms with E-state index in [1.54, 1.807) is 6.20 Å². The van der Waals surface area contributed by atoms with Gasteiger partial charge in [0, 0.05) is 37.2 Å². The van der Waals surface area contributed by atoms with Gasteiger partial charge in [-0.05, 0) is 25.2 Å². The first-order valence-corrected chi connectivity index (χ1v) is 6.45. The average Bonchev–Trinajstić information content (AvgIpc) is 2.84. The SMILES string of the molecule is NC(CC1CCOCC1)c1cnn2ccncc12. The van der Waals surface area contributed by atoms with Crippen molar-refractivity contribution in [1.29, 1.82) is 0 Å². The molecule has 1 aliphatic heterocycles. The van der Waals surface area contributed by atoms with E-state index in [0.717, 1.165) is 43.6 Å². The monoisotopic (exact) mass is 246 g/mol. The van der Waals surface area contributed by atoms with Crippen LogP contribution >= 0.6 is 0 Å². The van der Waals surface area contributed by atoms with E-state index in [9.17, 15) is 0 Å². The van der Waals surface area contributed by atoms with Gasteiger partial charge in [0.15, 0.2) is 0 Å². The molecule has 2 aromatic rings. The van der Waals surface area contributed by atoms with Crippen molar-refractivity contribution in [3.63, 3.8) is 0 Å². The molecular weight excluding hydrogens is 228 g/mol. The summed E-state index contributed by atoms with van der Waals surface area (Å²) in [4.78, 5) is 4.14. The molecule has 1 unspecified atom stereocenters. The van der Waals surface area contributed by atoms with Crippen LogP contribution in [0.4, 0.5) is 0 Å². The van der Waals surface area contributed by atoms with Gasteiger partial charge in [-0.15, -0.1) is 0 Å². The highest BCUT2D eigenvalue weighted by Gasteiger charge is 2.20. The van der Waals surface area contributed by atoms with Gasteiger partial charge < -0.3 is 10.5 Å². The molecule has 1 saturated heterocycles. The van der Waals surface area contributed by atoms with Crippen LogP contribution in [0.25, 0.3) is 5.52 Å². The molecule has 96 valence electrons. The number of aromatic nitrogens is 3. The maximum absolute atomic E-state index is 6.31. The van der Waals surface area contributed by atoms with Crippen LogP contribution in [0.15, 0.2) is 24.8 Å². The first-order chi connectivity index (χ1) is 8.84. The molecule has 0 saturated carbocycles. The molecule has 18 heavy (non-hydrogen) atoms. The summed E-state index contributed by atoms with van der Waals surface area (Å²) in [5.74, 6) is 0.667. The first kappa shape index (κ1) is 11.6. The molecule has 0 spiro atoms. The van der Waals surface area contributed by atoms with Crippen molar-refractivity contribution in [3.8, 4) is 0 Å². The van der Waals surface area contributed by atoms with Crippen LogP contribution < -0.4 is 5.73 Å². The topological polar surface area (TPSA) is 65.4 Å². The summed E-state index contributed by atoms with van der Waals surface area (Å²) in [6.07, 6.45) is 10.5. The van der Waals surface area contributed by atoms with Gasteiger partial charge in [-0.25, -0.2) is 4.52 Å². The summed E-state index contributed by atoms with van der Waals surface area (Å²) in [5, 5.41) is 4.30. The standard InChI is InChI=1S/C13H18N4O/c14-12(7-10-1-5-18-6-2-10)11-8-16-17-4-3-15-9-13(11)17/h3-4,8-10,12H,1-2,5-7,14H2. The molecule has 3 rings (SSSR count). The van der Waals surface area contributed by atoms with Crippen LogP contribution in [0, 0.1) is 5.92 Å². The second-order valence-corrected chi connectivity index (χ2v) is 4.90. The lowest BCUT2D eigenvalue weighted by Gasteiger charge is -2.24. The molecule has 5 heteroatoms. The number of hydrogen-bond acceptors (Lipinski definition) is 4. The number of fused-ring (bicyclic) bond motifs is 1. The molecular formula is C13H18N4O. The van der Waals surface area contributed by atoms with Crippen molar-refractivity contribution in [1.82, 2.24) is 14.6 Å². The smallest absolute Gasteiger partial charge is 0.0892 e. The Hall–Kier alpha value is -1.46. The van der Waals surface area contributed by atoms with E-state index < -0.39 is 0 Å². The van der Waals surface area contributed by atoms with E-state index in [2.05, 4.69) is 10.1 Å². The Labute approximate surface area is 106 Å². The predicted molar refractivity (Wildman–Crippen MR) is 68.1 cm³/mol. The summed E-state index contributed by atoms with van der Waals surface area (Å²) in [6.45, 7) is 1.74. The van der Waals surface area contributed by atoms with Gasteiger partial charge in [0.25, 0.3) is 0 Å². The summed E-state index contributed by atoms with van der Waals surface area (Å²) < 4.78 is 7.20. The van der Waals surface area contributed by atoms with E-state index in [1.165, 1.54) is 0 Å². The number of nitrogens with two attached hydrogens (primary N) is 1. The van der Waals surface area contributed by atoms with E-state index in [4.69, 9.17) is 10.5 Å². The van der Waals surface area contributed by atoms with Crippen LogP contribution in [0.1, 0.15) is 30.9 Å². The zero-order valence-electron chi connectivity index (χ0n) is 10.3. The average molecular weight is 246 g/mol. The number of nitrogens with zero attached hydrogens (tertiary/aromatic N) is 3. The van der Waals surface area contributed by atoms with Crippen molar-refractivity contribution in [2.45, 2.75) is 25.3 Å². The number of ether oxygens (including phenoxy) is 1. The molecule has 0 radical (unpaired) electrons. The summed E-state index contributed by atoms with van der Waals surface area (Å²) in [7, 11) is 0. The van der Waals surface area contributed by atoms with Crippen molar-refractivity contribution < 1.29 is 4.74 Å². The van der Waals surface area contributed by atoms with Gasteiger partial charge in [-0.2, -0.15) is 5.10 Å². The van der Waals surface area contributed by atoms with E-state index in [1.807, 2.05) is 23.1 Å². The molecule has 0 aliphatic carbocycles. The molecule has 0 aromatic carbocycles. The highest BCUT2D eigenvalue weighted by molar-refractivity contribution is 5.53. The van der Waals surface area contributed by atoms with Crippen LogP contribution in [0.2, 0.25) is 0 Å². The minimum atomic E-state index is 0.0369. The lowest BCUT2D eigenvalue weighted by molar-refractivity contribution is 0.0619. The molecule has 1 aliphatic rings. The number of rotatable bonds is 3. The Morgan fingerprint density at radius 3 is 3.06 bits per heavy atom. The Bertz CT molecular complexity index is 518. The minimum Gasteiger partial charge on any atom is -0.381 e. The van der Waals surface area contributed by atoms with Crippen molar-refractivity contribution >= 4 is 5.52 Å². The normalized spacial score (nSPS) is 19.2. The lowest BCUT2D eigenvalue weighted by atomic mass is 9.90. The minimum absolute atomic E-state index is 0.0369. The molecule has 5 nitrogen and oxygen atoms in total. The maximum atomic E-state index is 6.31. The van der Waals surface area contributed by atoms with Gasteiger partial charge in [-0.3, -0.25) is 4.98 Å². The zero-order valence-corrected chi connectivity index (χ0v) is 10.3. The quantitative estimate of drug-likeness (QED) is 0.892. The third kappa shape index (κ3) is 2.23. The molecule has 0 amide bonds. The van der Waals surface area contributed by atoms with Crippen LogP contribution in [0.5, 0.6) is 0 Å². The third-order valence-electron chi connectivity index (χ3n) is 3.68. The maximum Gasteiger partial charge on any atom is 0.0892 e. The van der Waals surface area contributed by atoms with Gasteiger partial charge in [0.2, 0.25) is 0 Å². The molecule has 2 aromatic heterocycles. The van der Waals surface area contributed by atoms with E-state index in [-0.39, 0.29) is 6.04 Å². The van der Waals surface area contributed by atoms with Crippen LogP contribution in [-0.2, 0) is 4.74 Å². The van der Waals surface area contributed by atoms with Gasteiger partial charge in [-0.1, -0.05) is 0 Å². The Morgan fingerprint density at radius 2 is 2.22 bits per heavy atom. The molecule has 2 N–H and O–H groups in total. The Balaban J connectivity index is 1.76. The Kier molecular flexibility index (Phi) is 3.25. The van der Waals surface area contributed by atoms with Crippen molar-refractivity contribution in [3.05, 3.63) is 30.4 Å². The Morgan fingerprint density at radius 1 is 1.39 bits per heavy atom.